The summed E-state index contributed by atoms with van der Waals surface area (Å²) in [5.41, 5.74) is -0.280. The summed E-state index contributed by atoms with van der Waals surface area (Å²) in [6.07, 6.45) is 2.88. The number of hydrogen-bond donors (Lipinski definition) is 0. The zero-order valence-electron chi connectivity index (χ0n) is 8.04. The van der Waals surface area contributed by atoms with Crippen LogP contribution in [0.2, 0.25) is 0 Å². The minimum atomic E-state index is -0.280. The number of hydrogen-bond acceptors (Lipinski definition) is 3. The minimum Gasteiger partial charge on any atom is -0.378 e. The summed E-state index contributed by atoms with van der Waals surface area (Å²) in [7, 11) is 3.90. The first kappa shape index (κ1) is 9.68. The van der Waals surface area contributed by atoms with Gasteiger partial charge in [0.2, 0.25) is 0 Å². The van der Waals surface area contributed by atoms with Crippen molar-refractivity contribution in [2.24, 2.45) is 0 Å². The zero-order chi connectivity index (χ0) is 9.19. The van der Waals surface area contributed by atoms with Crippen LogP contribution in [0.15, 0.2) is 0 Å². The van der Waals surface area contributed by atoms with E-state index in [9.17, 15) is 4.79 Å². The first-order valence-electron chi connectivity index (χ1n) is 4.36. The second-order valence-electron chi connectivity index (χ2n) is 3.75. The number of ether oxygens (including phenoxy) is 1. The largest absolute Gasteiger partial charge is 0.378 e. The molecule has 3 heteroatoms. The van der Waals surface area contributed by atoms with Crippen LogP contribution < -0.4 is 0 Å². The Morgan fingerprint density at radius 3 is 2.58 bits per heavy atom. The molecule has 1 heterocycles. The molecule has 1 fully saturated rings. The van der Waals surface area contributed by atoms with E-state index in [4.69, 9.17) is 4.74 Å². The summed E-state index contributed by atoms with van der Waals surface area (Å²) in [6, 6.07) is 0. The van der Waals surface area contributed by atoms with E-state index in [1.807, 2.05) is 25.9 Å². The van der Waals surface area contributed by atoms with Gasteiger partial charge in [0.15, 0.2) is 0 Å². The van der Waals surface area contributed by atoms with Gasteiger partial charge in [0, 0.05) is 6.61 Å². The molecule has 12 heavy (non-hydrogen) atoms. The Bertz CT molecular complexity index is 170. The molecule has 0 amide bonds. The number of carbonyl (C=O) groups is 1. The normalized spacial score (nSPS) is 36.8. The fourth-order valence-corrected chi connectivity index (χ4v) is 1.71. The molecule has 1 aliphatic rings. The maximum absolute atomic E-state index is 11.0. The monoisotopic (exact) mass is 171 g/mol. The fraction of sp³-hybridized carbons (Fsp3) is 0.889. The first-order valence-corrected chi connectivity index (χ1v) is 4.36. The Hall–Kier alpha value is -0.410. The van der Waals surface area contributed by atoms with Crippen LogP contribution in [0.3, 0.4) is 0 Å². The predicted octanol–water partition coefficient (Wildman–Crippen LogP) is 0.685. The van der Waals surface area contributed by atoms with Crippen molar-refractivity contribution in [3.8, 4) is 0 Å². The average molecular weight is 171 g/mol. The number of nitrogens with zero attached hydrogens (tertiary/aromatic N) is 1. The molecule has 1 saturated heterocycles. The molecule has 0 radical (unpaired) electrons. The van der Waals surface area contributed by atoms with Crippen molar-refractivity contribution in [1.82, 2.24) is 4.90 Å². The van der Waals surface area contributed by atoms with Crippen molar-refractivity contribution >= 4 is 6.29 Å². The molecular formula is C9H17NO2. The quantitative estimate of drug-likeness (QED) is 0.572. The number of rotatable bonds is 2. The molecule has 3 nitrogen and oxygen atoms in total. The predicted molar refractivity (Wildman–Crippen MR) is 47.1 cm³/mol. The van der Waals surface area contributed by atoms with Crippen molar-refractivity contribution in [2.75, 3.05) is 20.7 Å². The van der Waals surface area contributed by atoms with E-state index in [0.29, 0.717) is 6.61 Å². The lowest BCUT2D eigenvalue weighted by atomic mass is 9.87. The van der Waals surface area contributed by atoms with Gasteiger partial charge in [0.05, 0.1) is 11.6 Å². The van der Waals surface area contributed by atoms with E-state index in [-0.39, 0.29) is 11.6 Å². The molecule has 0 aliphatic carbocycles. The van der Waals surface area contributed by atoms with Gasteiger partial charge in [-0.2, -0.15) is 0 Å². The van der Waals surface area contributed by atoms with Crippen LogP contribution in [0.5, 0.6) is 0 Å². The van der Waals surface area contributed by atoms with E-state index >= 15 is 0 Å². The Balaban J connectivity index is 2.71. The molecule has 0 spiro atoms. The van der Waals surface area contributed by atoms with Gasteiger partial charge in [-0.15, -0.1) is 0 Å². The highest BCUT2D eigenvalue weighted by Gasteiger charge is 2.37. The smallest absolute Gasteiger partial charge is 0.140 e. The molecule has 0 bridgehead atoms. The van der Waals surface area contributed by atoms with E-state index < -0.39 is 0 Å². The second kappa shape index (κ2) is 3.54. The van der Waals surface area contributed by atoms with Gasteiger partial charge in [-0.3, -0.25) is 4.90 Å². The first-order chi connectivity index (χ1) is 5.60. The van der Waals surface area contributed by atoms with Crippen molar-refractivity contribution in [1.29, 1.82) is 0 Å². The lowest BCUT2D eigenvalue weighted by Crippen LogP contribution is -2.51. The zero-order valence-corrected chi connectivity index (χ0v) is 8.04. The van der Waals surface area contributed by atoms with Gasteiger partial charge < -0.3 is 9.53 Å². The Labute approximate surface area is 73.7 Å². The molecular weight excluding hydrogens is 154 g/mol. The Morgan fingerprint density at radius 1 is 1.58 bits per heavy atom. The van der Waals surface area contributed by atoms with E-state index in [1.54, 1.807) is 0 Å². The standard InChI is InChI=1S/C9H17NO2/c1-8-6-9(7-11,10(2)3)4-5-12-8/h7-8H,4-6H2,1-3H3. The maximum atomic E-state index is 11.0. The third kappa shape index (κ3) is 1.67. The van der Waals surface area contributed by atoms with Gasteiger partial charge in [-0.25, -0.2) is 0 Å². The van der Waals surface area contributed by atoms with Crippen LogP contribution in [0, 0.1) is 0 Å². The van der Waals surface area contributed by atoms with E-state index in [0.717, 1.165) is 19.1 Å². The highest BCUT2D eigenvalue weighted by atomic mass is 16.5. The van der Waals surface area contributed by atoms with Crippen LogP contribution >= 0.6 is 0 Å². The summed E-state index contributed by atoms with van der Waals surface area (Å²) < 4.78 is 5.40. The van der Waals surface area contributed by atoms with Gasteiger partial charge >= 0.3 is 0 Å². The summed E-state index contributed by atoms with van der Waals surface area (Å²) in [6.45, 7) is 2.71. The highest BCUT2D eigenvalue weighted by Crippen LogP contribution is 2.26. The SMILES string of the molecule is CC1CC(C=O)(N(C)C)CCO1. The summed E-state index contributed by atoms with van der Waals surface area (Å²) in [5.74, 6) is 0. The van der Waals surface area contributed by atoms with Crippen LogP contribution in [-0.4, -0.2) is 43.5 Å². The van der Waals surface area contributed by atoms with E-state index in [1.165, 1.54) is 0 Å². The van der Waals surface area contributed by atoms with Crippen molar-refractivity contribution in [3.63, 3.8) is 0 Å². The molecule has 1 aliphatic heterocycles. The minimum absolute atomic E-state index is 0.200. The van der Waals surface area contributed by atoms with E-state index in [2.05, 4.69) is 0 Å². The lowest BCUT2D eigenvalue weighted by molar-refractivity contribution is -0.126. The molecule has 2 unspecified atom stereocenters. The molecule has 1 rings (SSSR count). The number of carbonyl (C=O) groups excluding carboxylic acids is 1. The van der Waals surface area contributed by atoms with Crippen LogP contribution in [0.25, 0.3) is 0 Å². The summed E-state index contributed by atoms with van der Waals surface area (Å²) in [4.78, 5) is 13.0. The van der Waals surface area contributed by atoms with Crippen molar-refractivity contribution < 1.29 is 9.53 Å². The third-order valence-corrected chi connectivity index (χ3v) is 2.69. The lowest BCUT2D eigenvalue weighted by Gasteiger charge is -2.40. The average Bonchev–Trinajstić information content (AvgIpc) is 2.04. The van der Waals surface area contributed by atoms with Crippen LogP contribution in [0.4, 0.5) is 0 Å². The molecule has 2 atom stereocenters. The van der Waals surface area contributed by atoms with Gasteiger partial charge in [0.25, 0.3) is 0 Å². The van der Waals surface area contributed by atoms with Gasteiger partial charge in [0.1, 0.15) is 6.29 Å². The Morgan fingerprint density at radius 2 is 2.25 bits per heavy atom. The molecule has 0 aromatic carbocycles. The van der Waals surface area contributed by atoms with Crippen LogP contribution in [-0.2, 0) is 9.53 Å². The molecule has 0 aromatic rings. The van der Waals surface area contributed by atoms with Crippen molar-refractivity contribution in [2.45, 2.75) is 31.4 Å². The van der Waals surface area contributed by atoms with Gasteiger partial charge in [-0.05, 0) is 33.9 Å². The summed E-state index contributed by atoms with van der Waals surface area (Å²) >= 11 is 0. The summed E-state index contributed by atoms with van der Waals surface area (Å²) in [5, 5.41) is 0. The molecule has 0 N–H and O–H groups in total. The number of likely N-dealkylation sites (N-methyl/N-ethyl adjacent to an activating group) is 1. The fourth-order valence-electron chi connectivity index (χ4n) is 1.71. The topological polar surface area (TPSA) is 29.5 Å². The maximum Gasteiger partial charge on any atom is 0.140 e. The second-order valence-corrected chi connectivity index (χ2v) is 3.75. The Kier molecular flexibility index (Phi) is 2.85. The third-order valence-electron chi connectivity index (χ3n) is 2.69. The van der Waals surface area contributed by atoms with Gasteiger partial charge in [-0.1, -0.05) is 0 Å². The molecule has 70 valence electrons. The highest BCUT2D eigenvalue weighted by molar-refractivity contribution is 5.64. The van der Waals surface area contributed by atoms with Crippen molar-refractivity contribution in [3.05, 3.63) is 0 Å². The van der Waals surface area contributed by atoms with Crippen LogP contribution in [0.1, 0.15) is 19.8 Å². The molecule has 0 aromatic heterocycles. The molecule has 0 saturated carbocycles. The number of aldehydes is 1.